The van der Waals surface area contributed by atoms with Crippen molar-refractivity contribution in [2.45, 2.75) is 38.2 Å². The summed E-state index contributed by atoms with van der Waals surface area (Å²) in [5.74, 6) is -1.04. The third kappa shape index (κ3) is 2.62. The number of hydrogen-bond donors (Lipinski definition) is 0. The number of methoxy groups -OCH3 is 3. The summed E-state index contributed by atoms with van der Waals surface area (Å²) in [7, 11) is 4.34. The second-order valence-corrected chi connectivity index (χ2v) is 5.62. The van der Waals surface area contributed by atoms with Gasteiger partial charge in [0.2, 0.25) is 0 Å². The molecule has 0 heterocycles. The Kier molecular flexibility index (Phi) is 4.52. The summed E-state index contributed by atoms with van der Waals surface area (Å²) >= 11 is 0. The number of allylic oxidation sites excluding steroid dienone is 1. The average Bonchev–Trinajstić information content (AvgIpc) is 2.52. The first-order chi connectivity index (χ1) is 9.98. The fourth-order valence-corrected chi connectivity index (χ4v) is 3.41. The Balaban J connectivity index is 2.48. The summed E-state index contributed by atoms with van der Waals surface area (Å²) in [5.41, 5.74) is 1.52. The van der Waals surface area contributed by atoms with Crippen LogP contribution in [0.4, 0.5) is 0 Å². The molecule has 0 aromatic rings. The molecule has 0 bridgehead atoms. The molecule has 116 valence electrons. The van der Waals surface area contributed by atoms with E-state index in [2.05, 4.69) is 0 Å². The molecule has 0 spiro atoms. The summed E-state index contributed by atoms with van der Waals surface area (Å²) in [5, 5.41) is 0. The van der Waals surface area contributed by atoms with Gasteiger partial charge in [0.1, 0.15) is 0 Å². The van der Waals surface area contributed by atoms with E-state index < -0.39 is 11.9 Å². The van der Waals surface area contributed by atoms with Crippen molar-refractivity contribution in [2.75, 3.05) is 21.3 Å². The zero-order chi connectivity index (χ0) is 15.6. The van der Waals surface area contributed by atoms with E-state index in [-0.39, 0.29) is 11.5 Å². The van der Waals surface area contributed by atoms with Crippen molar-refractivity contribution in [3.05, 3.63) is 22.8 Å². The van der Waals surface area contributed by atoms with Crippen molar-refractivity contribution in [1.82, 2.24) is 0 Å². The largest absolute Gasteiger partial charge is 0.466 e. The molecular formula is C16H22O5. The van der Waals surface area contributed by atoms with Gasteiger partial charge >= 0.3 is 11.9 Å². The molecular weight excluding hydrogens is 272 g/mol. The minimum atomic E-state index is -0.463. The molecule has 2 rings (SSSR count). The molecule has 0 aromatic carbocycles. The lowest BCUT2D eigenvalue weighted by atomic mass is 9.67. The summed E-state index contributed by atoms with van der Waals surface area (Å²) in [6, 6.07) is 0. The monoisotopic (exact) mass is 294 g/mol. The maximum absolute atomic E-state index is 12.2. The molecule has 1 fully saturated rings. The van der Waals surface area contributed by atoms with Crippen molar-refractivity contribution in [1.29, 1.82) is 0 Å². The van der Waals surface area contributed by atoms with E-state index in [0.717, 1.165) is 24.8 Å². The van der Waals surface area contributed by atoms with Crippen LogP contribution in [0.25, 0.3) is 0 Å². The number of fused-ring (bicyclic) bond motifs is 1. The van der Waals surface area contributed by atoms with Crippen molar-refractivity contribution in [2.24, 2.45) is 5.92 Å². The summed E-state index contributed by atoms with van der Waals surface area (Å²) in [6.07, 6.45) is 5.04. The van der Waals surface area contributed by atoms with Crippen LogP contribution in [0, 0.1) is 5.92 Å². The van der Waals surface area contributed by atoms with Gasteiger partial charge in [-0.15, -0.1) is 0 Å². The number of ether oxygens (including phenoxy) is 3. The summed E-state index contributed by atoms with van der Waals surface area (Å²) in [4.78, 5) is 24.2. The Morgan fingerprint density at radius 3 is 2.43 bits per heavy atom. The van der Waals surface area contributed by atoms with Gasteiger partial charge in [-0.25, -0.2) is 9.59 Å². The molecule has 21 heavy (non-hydrogen) atoms. The third-order valence-electron chi connectivity index (χ3n) is 4.62. The highest BCUT2D eigenvalue weighted by molar-refractivity contribution is 6.02. The lowest BCUT2D eigenvalue weighted by Gasteiger charge is -2.42. The molecule has 0 aliphatic heterocycles. The standard InChI is InChI=1S/C16H22O5/c1-16(21-4)9-5-6-10-12(16)8-7-11(14(17)19-2)13(10)15(18)20-3/h8,10H,5-7,9H2,1-4H3. The molecule has 2 unspecified atom stereocenters. The molecule has 5 nitrogen and oxygen atoms in total. The van der Waals surface area contributed by atoms with Gasteiger partial charge in [0, 0.05) is 13.0 Å². The topological polar surface area (TPSA) is 61.8 Å². The fraction of sp³-hybridized carbons (Fsp3) is 0.625. The van der Waals surface area contributed by atoms with Gasteiger partial charge in [-0.2, -0.15) is 0 Å². The first-order valence-corrected chi connectivity index (χ1v) is 7.13. The first-order valence-electron chi connectivity index (χ1n) is 7.13. The van der Waals surface area contributed by atoms with Gasteiger partial charge in [0.15, 0.2) is 0 Å². The Morgan fingerprint density at radius 1 is 1.19 bits per heavy atom. The van der Waals surface area contributed by atoms with Crippen molar-refractivity contribution < 1.29 is 23.8 Å². The zero-order valence-corrected chi connectivity index (χ0v) is 13.0. The van der Waals surface area contributed by atoms with Crippen molar-refractivity contribution >= 4 is 11.9 Å². The zero-order valence-electron chi connectivity index (χ0n) is 13.0. The smallest absolute Gasteiger partial charge is 0.334 e. The van der Waals surface area contributed by atoms with Crippen LogP contribution in [-0.2, 0) is 23.8 Å². The van der Waals surface area contributed by atoms with Gasteiger partial charge in [0.05, 0.1) is 31.0 Å². The highest BCUT2D eigenvalue weighted by Crippen LogP contribution is 2.46. The van der Waals surface area contributed by atoms with Crippen LogP contribution in [0.2, 0.25) is 0 Å². The minimum Gasteiger partial charge on any atom is -0.466 e. The molecule has 2 atom stereocenters. The molecule has 2 aliphatic rings. The molecule has 0 amide bonds. The van der Waals surface area contributed by atoms with E-state index in [1.54, 1.807) is 7.11 Å². The maximum Gasteiger partial charge on any atom is 0.334 e. The SMILES string of the molecule is COC(=O)C1=C(C(=O)OC)C2CCCC(C)(OC)C2=CC1. The molecule has 0 N–H and O–H groups in total. The second-order valence-electron chi connectivity index (χ2n) is 5.62. The average molecular weight is 294 g/mol. The van der Waals surface area contributed by atoms with E-state index in [1.165, 1.54) is 14.2 Å². The highest BCUT2D eigenvalue weighted by atomic mass is 16.5. The molecule has 1 saturated carbocycles. The van der Waals surface area contributed by atoms with Gasteiger partial charge < -0.3 is 14.2 Å². The number of esters is 2. The predicted octanol–water partition coefficient (Wildman–Crippen LogP) is 2.16. The van der Waals surface area contributed by atoms with E-state index in [1.807, 2.05) is 13.0 Å². The highest BCUT2D eigenvalue weighted by Gasteiger charge is 2.44. The second kappa shape index (κ2) is 6.02. The number of rotatable bonds is 3. The lowest BCUT2D eigenvalue weighted by Crippen LogP contribution is -2.41. The van der Waals surface area contributed by atoms with E-state index in [9.17, 15) is 9.59 Å². The Bertz CT molecular complexity index is 517. The van der Waals surface area contributed by atoms with Crippen LogP contribution in [-0.4, -0.2) is 38.9 Å². The molecule has 0 aromatic heterocycles. The number of carbonyl (C=O) groups is 2. The normalized spacial score (nSPS) is 28.6. The minimum absolute atomic E-state index is 0.126. The number of hydrogen-bond acceptors (Lipinski definition) is 5. The maximum atomic E-state index is 12.2. The molecule has 0 saturated heterocycles. The Labute approximate surface area is 124 Å². The van der Waals surface area contributed by atoms with Gasteiger partial charge in [-0.05, 0) is 38.2 Å². The van der Waals surface area contributed by atoms with Crippen molar-refractivity contribution in [3.63, 3.8) is 0 Å². The number of carbonyl (C=O) groups excluding carboxylic acids is 2. The quantitative estimate of drug-likeness (QED) is 0.589. The Hall–Kier alpha value is -1.62. The van der Waals surface area contributed by atoms with Crippen LogP contribution in [0.15, 0.2) is 22.8 Å². The van der Waals surface area contributed by atoms with Gasteiger partial charge in [0.25, 0.3) is 0 Å². The van der Waals surface area contributed by atoms with Crippen LogP contribution in [0.3, 0.4) is 0 Å². The lowest BCUT2D eigenvalue weighted by molar-refractivity contribution is -0.140. The van der Waals surface area contributed by atoms with Crippen LogP contribution in [0.5, 0.6) is 0 Å². The Morgan fingerprint density at radius 2 is 1.86 bits per heavy atom. The van der Waals surface area contributed by atoms with Gasteiger partial charge in [-0.3, -0.25) is 0 Å². The van der Waals surface area contributed by atoms with E-state index >= 15 is 0 Å². The fourth-order valence-electron chi connectivity index (χ4n) is 3.41. The molecule has 5 heteroatoms. The third-order valence-corrected chi connectivity index (χ3v) is 4.62. The van der Waals surface area contributed by atoms with Crippen LogP contribution >= 0.6 is 0 Å². The first kappa shape index (κ1) is 15.8. The predicted molar refractivity (Wildman–Crippen MR) is 76.5 cm³/mol. The summed E-state index contributed by atoms with van der Waals surface area (Å²) < 4.78 is 15.4. The molecule has 2 aliphatic carbocycles. The van der Waals surface area contributed by atoms with E-state index in [0.29, 0.717) is 17.6 Å². The molecule has 0 radical (unpaired) electrons. The van der Waals surface area contributed by atoms with Crippen molar-refractivity contribution in [3.8, 4) is 0 Å². The van der Waals surface area contributed by atoms with Crippen LogP contribution < -0.4 is 0 Å². The van der Waals surface area contributed by atoms with Crippen LogP contribution in [0.1, 0.15) is 32.6 Å². The summed E-state index contributed by atoms with van der Waals surface area (Å²) in [6.45, 7) is 2.03. The van der Waals surface area contributed by atoms with E-state index in [4.69, 9.17) is 14.2 Å². The van der Waals surface area contributed by atoms with Gasteiger partial charge in [-0.1, -0.05) is 6.08 Å².